The number of hydrogen-bond acceptors (Lipinski definition) is 3. The van der Waals surface area contributed by atoms with E-state index in [9.17, 15) is 22.8 Å². The molecule has 0 fully saturated rings. The number of benzene rings is 2. The molecule has 0 saturated carbocycles. The molecule has 0 aromatic heterocycles. The van der Waals surface area contributed by atoms with Crippen LogP contribution in [0.1, 0.15) is 15.9 Å². The number of amides is 1. The Hall–Kier alpha value is -2.06. The van der Waals surface area contributed by atoms with Crippen LogP contribution in [0.5, 0.6) is 5.75 Å². The third-order valence-corrected chi connectivity index (χ3v) is 3.85. The number of anilines is 1. The van der Waals surface area contributed by atoms with Gasteiger partial charge in [0.1, 0.15) is 5.75 Å². The molecule has 0 atom stereocenters. The Balaban J connectivity index is 2.07. The molecule has 132 valence electrons. The highest BCUT2D eigenvalue weighted by atomic mass is 79.9. The Kier molecular flexibility index (Phi) is 6.07. The fraction of sp³-hybridized carbons (Fsp3) is 0.125. The van der Waals surface area contributed by atoms with Crippen molar-refractivity contribution in [3.63, 3.8) is 0 Å². The Bertz CT molecular complexity index is 812. The molecule has 1 amide bonds. The topological polar surface area (TPSA) is 55.4 Å². The van der Waals surface area contributed by atoms with Gasteiger partial charge in [0.25, 0.3) is 5.91 Å². The monoisotopic (exact) mass is 435 g/mol. The summed E-state index contributed by atoms with van der Waals surface area (Å²) < 4.78 is 44.0. The zero-order valence-corrected chi connectivity index (χ0v) is 14.7. The molecular formula is C16H10BrClF3NO3. The first-order valence-corrected chi connectivity index (χ1v) is 7.92. The summed E-state index contributed by atoms with van der Waals surface area (Å²) in [6.07, 6.45) is -4.00. The summed E-state index contributed by atoms with van der Waals surface area (Å²) in [7, 11) is 0. The van der Waals surface area contributed by atoms with Crippen molar-refractivity contribution in [3.8, 4) is 5.75 Å². The lowest BCUT2D eigenvalue weighted by atomic mass is 10.2. The third-order valence-electron chi connectivity index (χ3n) is 3.03. The number of nitrogens with one attached hydrogen (secondary N) is 1. The van der Waals surface area contributed by atoms with Crippen molar-refractivity contribution in [1.29, 1.82) is 0 Å². The van der Waals surface area contributed by atoms with E-state index in [0.29, 0.717) is 10.8 Å². The molecule has 0 unspecified atom stereocenters. The van der Waals surface area contributed by atoms with Crippen LogP contribution in [0, 0.1) is 0 Å². The van der Waals surface area contributed by atoms with Gasteiger partial charge in [-0.15, -0.1) is 0 Å². The van der Waals surface area contributed by atoms with Gasteiger partial charge < -0.3 is 10.1 Å². The van der Waals surface area contributed by atoms with E-state index in [4.69, 9.17) is 16.3 Å². The van der Waals surface area contributed by atoms with Crippen LogP contribution in [-0.2, 0) is 11.0 Å². The van der Waals surface area contributed by atoms with Crippen LogP contribution >= 0.6 is 27.5 Å². The van der Waals surface area contributed by atoms with Crippen LogP contribution < -0.4 is 10.1 Å². The van der Waals surface area contributed by atoms with Gasteiger partial charge in [-0.05, 0) is 36.4 Å². The molecule has 2 rings (SSSR count). The number of carbonyl (C=O) groups is 2. The Morgan fingerprint density at radius 1 is 1.24 bits per heavy atom. The quantitative estimate of drug-likeness (QED) is 0.675. The maximum atomic E-state index is 12.7. The van der Waals surface area contributed by atoms with E-state index in [2.05, 4.69) is 21.2 Å². The summed E-state index contributed by atoms with van der Waals surface area (Å²) in [5, 5.41) is 2.21. The SMILES string of the molecule is O=Cc1cc(Br)ccc1OCC(=O)Nc1cc(C(F)(F)F)ccc1Cl. The molecule has 0 bridgehead atoms. The van der Waals surface area contributed by atoms with Gasteiger partial charge >= 0.3 is 6.18 Å². The van der Waals surface area contributed by atoms with E-state index in [1.165, 1.54) is 12.1 Å². The normalized spacial score (nSPS) is 11.1. The minimum absolute atomic E-state index is 0.0430. The minimum Gasteiger partial charge on any atom is -0.483 e. The lowest BCUT2D eigenvalue weighted by Gasteiger charge is -2.12. The molecule has 9 heteroatoms. The van der Waals surface area contributed by atoms with E-state index in [1.807, 2.05) is 0 Å². The van der Waals surface area contributed by atoms with Crippen LogP contribution in [0.2, 0.25) is 5.02 Å². The van der Waals surface area contributed by atoms with Gasteiger partial charge in [-0.2, -0.15) is 13.2 Å². The van der Waals surface area contributed by atoms with E-state index in [1.54, 1.807) is 6.07 Å². The van der Waals surface area contributed by atoms with Crippen molar-refractivity contribution >= 4 is 45.4 Å². The molecule has 0 aliphatic rings. The number of hydrogen-bond donors (Lipinski definition) is 1. The molecule has 0 aliphatic carbocycles. The van der Waals surface area contributed by atoms with Gasteiger partial charge in [0.15, 0.2) is 12.9 Å². The molecule has 2 aromatic carbocycles. The maximum Gasteiger partial charge on any atom is 0.416 e. The molecule has 0 aliphatic heterocycles. The van der Waals surface area contributed by atoms with Gasteiger partial charge in [0.05, 0.1) is 21.8 Å². The lowest BCUT2D eigenvalue weighted by Crippen LogP contribution is -2.21. The number of aldehydes is 1. The molecule has 2 aromatic rings. The van der Waals surface area contributed by atoms with Crippen LogP contribution in [0.4, 0.5) is 18.9 Å². The van der Waals surface area contributed by atoms with E-state index >= 15 is 0 Å². The highest BCUT2D eigenvalue weighted by molar-refractivity contribution is 9.10. The third kappa shape index (κ3) is 5.20. The summed E-state index contributed by atoms with van der Waals surface area (Å²) in [6, 6.07) is 7.19. The Morgan fingerprint density at radius 3 is 2.60 bits per heavy atom. The van der Waals surface area contributed by atoms with Crippen molar-refractivity contribution in [1.82, 2.24) is 0 Å². The second-order valence-electron chi connectivity index (χ2n) is 4.83. The van der Waals surface area contributed by atoms with Crippen molar-refractivity contribution < 1.29 is 27.5 Å². The standard InChI is InChI=1S/C16H10BrClF3NO3/c17-11-2-4-14(9(5-11)7-23)25-8-15(24)22-13-6-10(16(19,20)21)1-3-12(13)18/h1-7H,8H2,(H,22,24). The number of rotatable bonds is 5. The molecule has 4 nitrogen and oxygen atoms in total. The van der Waals surface area contributed by atoms with Crippen molar-refractivity contribution in [2.45, 2.75) is 6.18 Å². The largest absolute Gasteiger partial charge is 0.483 e. The summed E-state index contributed by atoms with van der Waals surface area (Å²) in [6.45, 7) is -0.505. The highest BCUT2D eigenvalue weighted by Crippen LogP contribution is 2.33. The number of carbonyl (C=O) groups excluding carboxylic acids is 2. The van der Waals surface area contributed by atoms with Crippen molar-refractivity contribution in [2.75, 3.05) is 11.9 Å². The Morgan fingerprint density at radius 2 is 1.96 bits per heavy atom. The van der Waals surface area contributed by atoms with Crippen LogP contribution in [-0.4, -0.2) is 18.8 Å². The molecule has 0 heterocycles. The zero-order valence-electron chi connectivity index (χ0n) is 12.4. The lowest BCUT2D eigenvalue weighted by molar-refractivity contribution is -0.137. The van der Waals surface area contributed by atoms with Gasteiger partial charge in [-0.25, -0.2) is 0 Å². The fourth-order valence-electron chi connectivity index (χ4n) is 1.87. The van der Waals surface area contributed by atoms with Crippen molar-refractivity contribution in [3.05, 3.63) is 57.0 Å². The Labute approximate surface area is 154 Å². The predicted octanol–water partition coefficient (Wildman–Crippen LogP) is 4.95. The molecule has 0 spiro atoms. The average Bonchev–Trinajstić information content (AvgIpc) is 2.54. The summed E-state index contributed by atoms with van der Waals surface area (Å²) >= 11 is 8.99. The van der Waals surface area contributed by atoms with Gasteiger partial charge in [-0.3, -0.25) is 9.59 Å². The number of halogens is 5. The molecular weight excluding hydrogens is 427 g/mol. The van der Waals surface area contributed by atoms with Gasteiger partial charge in [-0.1, -0.05) is 27.5 Å². The molecule has 25 heavy (non-hydrogen) atoms. The average molecular weight is 437 g/mol. The maximum absolute atomic E-state index is 12.7. The highest BCUT2D eigenvalue weighted by Gasteiger charge is 2.31. The summed E-state index contributed by atoms with van der Waals surface area (Å²) in [5.41, 5.74) is -0.903. The molecule has 1 N–H and O–H groups in total. The first-order valence-electron chi connectivity index (χ1n) is 6.75. The fourth-order valence-corrected chi connectivity index (χ4v) is 2.41. The summed E-state index contributed by atoms with van der Waals surface area (Å²) in [4.78, 5) is 22.9. The number of ether oxygens (including phenoxy) is 1. The van der Waals surface area contributed by atoms with E-state index in [0.717, 1.165) is 18.2 Å². The van der Waals surface area contributed by atoms with Crippen LogP contribution in [0.15, 0.2) is 40.9 Å². The second-order valence-corrected chi connectivity index (χ2v) is 6.15. The van der Waals surface area contributed by atoms with Crippen molar-refractivity contribution in [2.24, 2.45) is 0 Å². The van der Waals surface area contributed by atoms with E-state index < -0.39 is 24.3 Å². The number of alkyl halides is 3. The zero-order chi connectivity index (χ0) is 18.6. The first kappa shape index (κ1) is 19.3. The van der Waals surface area contributed by atoms with Gasteiger partial charge in [0, 0.05) is 4.47 Å². The van der Waals surface area contributed by atoms with Gasteiger partial charge in [0.2, 0.25) is 0 Å². The van der Waals surface area contributed by atoms with E-state index in [-0.39, 0.29) is 22.0 Å². The second kappa shape index (κ2) is 7.88. The summed E-state index contributed by atoms with van der Waals surface area (Å²) in [5.74, 6) is -0.551. The van der Waals surface area contributed by atoms with Crippen LogP contribution in [0.25, 0.3) is 0 Å². The predicted molar refractivity (Wildman–Crippen MR) is 90.1 cm³/mol. The smallest absolute Gasteiger partial charge is 0.416 e. The molecule has 0 radical (unpaired) electrons. The molecule has 0 saturated heterocycles. The first-order chi connectivity index (χ1) is 11.7. The van der Waals surface area contributed by atoms with Crippen LogP contribution in [0.3, 0.4) is 0 Å². The minimum atomic E-state index is -4.56.